The van der Waals surface area contributed by atoms with Crippen LogP contribution in [-0.4, -0.2) is 33.5 Å². The number of phenols is 1. The summed E-state index contributed by atoms with van der Waals surface area (Å²) in [5, 5.41) is 15.3. The van der Waals surface area contributed by atoms with Crippen LogP contribution in [0.2, 0.25) is 0 Å². The van der Waals surface area contributed by atoms with Crippen molar-refractivity contribution in [1.82, 2.24) is 9.88 Å². The van der Waals surface area contributed by atoms with Crippen LogP contribution in [0.5, 0.6) is 5.75 Å². The summed E-state index contributed by atoms with van der Waals surface area (Å²) in [6.07, 6.45) is 3.99. The van der Waals surface area contributed by atoms with Crippen molar-refractivity contribution in [2.24, 2.45) is 0 Å². The van der Waals surface area contributed by atoms with Gasteiger partial charge >= 0.3 is 0 Å². The molecule has 5 rings (SSSR count). The van der Waals surface area contributed by atoms with Gasteiger partial charge in [0.2, 0.25) is 0 Å². The maximum atomic E-state index is 13.1. The van der Waals surface area contributed by atoms with E-state index in [9.17, 15) is 9.90 Å². The van der Waals surface area contributed by atoms with Crippen molar-refractivity contribution in [3.63, 3.8) is 0 Å². The van der Waals surface area contributed by atoms with E-state index < -0.39 is 0 Å². The third kappa shape index (κ3) is 2.06. The molecule has 0 spiro atoms. The van der Waals surface area contributed by atoms with E-state index in [-0.39, 0.29) is 23.7 Å². The van der Waals surface area contributed by atoms with E-state index in [0.29, 0.717) is 11.3 Å². The van der Waals surface area contributed by atoms with Crippen molar-refractivity contribution in [1.29, 1.82) is 0 Å². The molecule has 2 aliphatic heterocycles. The Morgan fingerprint density at radius 2 is 2.04 bits per heavy atom. The number of H-pyrrole nitrogens is 1. The predicted molar refractivity (Wildman–Crippen MR) is 102 cm³/mol. The summed E-state index contributed by atoms with van der Waals surface area (Å²) < 4.78 is 0. The minimum Gasteiger partial charge on any atom is -0.505 e. The second kappa shape index (κ2) is 5.53. The van der Waals surface area contributed by atoms with Crippen molar-refractivity contribution in [2.75, 3.05) is 11.9 Å². The molecule has 1 aromatic heterocycles. The summed E-state index contributed by atoms with van der Waals surface area (Å²) in [5.74, 6) is 0.175. The number of aromatic amines is 1. The molecule has 26 heavy (non-hydrogen) atoms. The largest absolute Gasteiger partial charge is 0.505 e. The van der Waals surface area contributed by atoms with Gasteiger partial charge in [-0.1, -0.05) is 24.3 Å². The Bertz CT molecular complexity index is 1020. The number of carbonyl (C=O) groups is 1. The second-order valence-electron chi connectivity index (χ2n) is 7.27. The maximum absolute atomic E-state index is 13.1. The number of fused-ring (bicyclic) bond motifs is 3. The summed E-state index contributed by atoms with van der Waals surface area (Å²) in [6, 6.07) is 11.9. The van der Waals surface area contributed by atoms with Gasteiger partial charge in [-0.25, -0.2) is 0 Å². The number of rotatable bonds is 1. The summed E-state index contributed by atoms with van der Waals surface area (Å²) in [5.41, 5.74) is 4.10. The van der Waals surface area contributed by atoms with Gasteiger partial charge in [-0.3, -0.25) is 4.79 Å². The summed E-state index contributed by atoms with van der Waals surface area (Å²) in [6.45, 7) is 2.62. The van der Waals surface area contributed by atoms with Crippen molar-refractivity contribution < 1.29 is 9.90 Å². The van der Waals surface area contributed by atoms with Crippen molar-refractivity contribution in [3.05, 3.63) is 59.3 Å². The molecule has 3 heterocycles. The number of nitrogens with one attached hydrogen (secondary N) is 2. The first-order valence-electron chi connectivity index (χ1n) is 9.11. The number of aryl methyl sites for hydroxylation is 1. The Morgan fingerprint density at radius 1 is 1.19 bits per heavy atom. The number of benzene rings is 2. The second-order valence-corrected chi connectivity index (χ2v) is 7.27. The number of aromatic nitrogens is 1. The molecule has 0 radical (unpaired) electrons. The Morgan fingerprint density at radius 3 is 2.92 bits per heavy atom. The summed E-state index contributed by atoms with van der Waals surface area (Å²) in [4.78, 5) is 18.4. The molecule has 5 nitrogen and oxygen atoms in total. The number of para-hydroxylation sites is 1. The first kappa shape index (κ1) is 15.3. The quantitative estimate of drug-likeness (QED) is 0.584. The van der Waals surface area contributed by atoms with Crippen LogP contribution in [0.1, 0.15) is 40.4 Å². The highest BCUT2D eigenvalue weighted by atomic mass is 16.3. The summed E-state index contributed by atoms with van der Waals surface area (Å²) in [7, 11) is 0. The molecule has 3 N–H and O–H groups in total. The van der Waals surface area contributed by atoms with Crippen LogP contribution in [0.15, 0.2) is 42.6 Å². The van der Waals surface area contributed by atoms with E-state index in [4.69, 9.17) is 0 Å². The predicted octanol–water partition coefficient (Wildman–Crippen LogP) is 3.95. The fraction of sp³-hybridized carbons (Fsp3) is 0.286. The lowest BCUT2D eigenvalue weighted by molar-refractivity contribution is 0.0731. The van der Waals surface area contributed by atoms with E-state index in [1.807, 2.05) is 42.3 Å². The van der Waals surface area contributed by atoms with Crippen LogP contribution in [0.4, 0.5) is 5.69 Å². The average molecular weight is 347 g/mol. The normalized spacial score (nSPS) is 22.0. The average Bonchev–Trinajstić information content (AvgIpc) is 3.27. The fourth-order valence-corrected chi connectivity index (χ4v) is 4.45. The first-order chi connectivity index (χ1) is 12.6. The molecule has 0 unspecified atom stereocenters. The molecule has 1 saturated heterocycles. The number of phenolic OH excluding ortho intramolecular Hbond substituents is 1. The molecule has 0 aliphatic carbocycles. The number of carbonyl (C=O) groups excluding carboxylic acids is 1. The Kier molecular flexibility index (Phi) is 3.26. The van der Waals surface area contributed by atoms with E-state index in [2.05, 4.69) is 22.4 Å². The minimum absolute atomic E-state index is 0.00708. The van der Waals surface area contributed by atoms with Crippen LogP contribution >= 0.6 is 0 Å². The Labute approximate surface area is 151 Å². The Balaban J connectivity index is 1.72. The molecule has 0 saturated carbocycles. The van der Waals surface area contributed by atoms with Gasteiger partial charge in [0.05, 0.1) is 23.3 Å². The third-order valence-corrected chi connectivity index (χ3v) is 5.81. The number of nitrogens with zero attached hydrogens (tertiary/aromatic N) is 1. The molecule has 0 bridgehead atoms. The lowest BCUT2D eigenvalue weighted by Crippen LogP contribution is -2.38. The fourth-order valence-electron chi connectivity index (χ4n) is 4.45. The molecular formula is C21H21N3O2. The molecule has 2 aliphatic rings. The van der Waals surface area contributed by atoms with Gasteiger partial charge in [0.15, 0.2) is 0 Å². The molecule has 1 fully saturated rings. The number of amides is 1. The van der Waals surface area contributed by atoms with E-state index in [1.54, 1.807) is 0 Å². The van der Waals surface area contributed by atoms with Crippen molar-refractivity contribution >= 4 is 22.5 Å². The number of hydrogen-bond acceptors (Lipinski definition) is 3. The molecule has 2 atom stereocenters. The zero-order valence-corrected chi connectivity index (χ0v) is 14.6. The topological polar surface area (TPSA) is 68.4 Å². The highest BCUT2D eigenvalue weighted by molar-refractivity contribution is 6.02. The third-order valence-electron chi connectivity index (χ3n) is 5.81. The van der Waals surface area contributed by atoms with Crippen LogP contribution in [-0.2, 0) is 0 Å². The van der Waals surface area contributed by atoms with Gasteiger partial charge < -0.3 is 20.3 Å². The van der Waals surface area contributed by atoms with Gasteiger partial charge in [-0.05, 0) is 37.5 Å². The molecular weight excluding hydrogens is 326 g/mol. The molecule has 2 aromatic carbocycles. The van der Waals surface area contributed by atoms with Gasteiger partial charge in [0.1, 0.15) is 5.75 Å². The highest BCUT2D eigenvalue weighted by Gasteiger charge is 2.41. The molecule has 132 valence electrons. The molecule has 3 aromatic rings. The maximum Gasteiger partial charge on any atom is 0.256 e. The zero-order valence-electron chi connectivity index (χ0n) is 14.6. The first-order valence-corrected chi connectivity index (χ1v) is 9.11. The highest BCUT2D eigenvalue weighted by Crippen LogP contribution is 2.43. The van der Waals surface area contributed by atoms with Crippen LogP contribution in [0.25, 0.3) is 10.9 Å². The molecule has 1 amide bonds. The number of anilines is 1. The number of aromatic hydroxyl groups is 1. The van der Waals surface area contributed by atoms with E-state index in [0.717, 1.165) is 41.4 Å². The standard InChI is InChI=1S/C21H21N3O2/c1-12-8-9-14-19(20(12)25)23-18(17-7-4-10-24(17)21(14)26)15-11-22-16-6-3-2-5-13(15)16/h2-3,5-6,8-9,11,17-18,22-23,25H,4,7,10H2,1H3/t17-,18+/m0/s1. The monoisotopic (exact) mass is 347 g/mol. The van der Waals surface area contributed by atoms with E-state index in [1.165, 1.54) is 0 Å². The lowest BCUT2D eigenvalue weighted by atomic mass is 9.96. The Hall–Kier alpha value is -2.95. The van der Waals surface area contributed by atoms with Crippen LogP contribution in [0, 0.1) is 6.92 Å². The van der Waals surface area contributed by atoms with Gasteiger partial charge in [-0.2, -0.15) is 0 Å². The van der Waals surface area contributed by atoms with Gasteiger partial charge in [0, 0.05) is 29.2 Å². The minimum atomic E-state index is -0.0634. The zero-order chi connectivity index (χ0) is 17.8. The van der Waals surface area contributed by atoms with Gasteiger partial charge in [-0.15, -0.1) is 0 Å². The van der Waals surface area contributed by atoms with Crippen LogP contribution < -0.4 is 5.32 Å². The smallest absolute Gasteiger partial charge is 0.256 e. The van der Waals surface area contributed by atoms with Crippen molar-refractivity contribution in [2.45, 2.75) is 31.8 Å². The number of hydrogen-bond donors (Lipinski definition) is 3. The van der Waals surface area contributed by atoms with Crippen LogP contribution in [0.3, 0.4) is 0 Å². The van der Waals surface area contributed by atoms with Crippen molar-refractivity contribution in [3.8, 4) is 5.75 Å². The SMILES string of the molecule is Cc1ccc2c(c1O)N[C@H](c1c[nH]c3ccccc13)[C@@H]1CCCN1C2=O. The lowest BCUT2D eigenvalue weighted by Gasteiger charge is -2.29. The van der Waals surface area contributed by atoms with E-state index >= 15 is 0 Å². The summed E-state index contributed by atoms with van der Waals surface area (Å²) >= 11 is 0. The molecule has 5 heteroatoms. The van der Waals surface area contributed by atoms with Gasteiger partial charge in [0.25, 0.3) is 5.91 Å².